The number of unbranched alkanes of at least 4 members (excludes halogenated alkanes) is 3. The number of rotatable bonds is 11. The molecule has 2 rings (SSSR count). The van der Waals surface area contributed by atoms with Crippen molar-refractivity contribution >= 4 is 12.6 Å². The summed E-state index contributed by atoms with van der Waals surface area (Å²) in [6.45, 7) is 2.13. The van der Waals surface area contributed by atoms with Gasteiger partial charge in [0.2, 0.25) is 0 Å². The van der Waals surface area contributed by atoms with E-state index in [1.54, 1.807) is 24.3 Å². The van der Waals surface area contributed by atoms with Gasteiger partial charge in [-0.15, -0.1) is 0 Å². The molecule has 1 unspecified atom stereocenters. The zero-order valence-electron chi connectivity index (χ0n) is 15.8. The topological polar surface area (TPSA) is 60.7 Å². The standard InChI is InChI=1S/C22H33O3P/c1-2-3-6-16-21(19-12-11-15-20-13-7-4-8-14-20)26(23,24,25)22-17-9-5-10-18-22/h4-5,7-10,13-14,17-18,21,23-25H,2-3,6,11-12,15-16,19H2,1H3. The number of hydrogen-bond donors (Lipinski definition) is 3. The molecule has 4 heteroatoms. The Kier molecular flexibility index (Phi) is 7.79. The van der Waals surface area contributed by atoms with Gasteiger partial charge in [0.25, 0.3) is 0 Å². The molecule has 3 nitrogen and oxygen atoms in total. The van der Waals surface area contributed by atoms with Gasteiger partial charge < -0.3 is 0 Å². The van der Waals surface area contributed by atoms with Crippen LogP contribution in [0.3, 0.4) is 0 Å². The van der Waals surface area contributed by atoms with Crippen molar-refractivity contribution in [2.24, 2.45) is 0 Å². The molecule has 0 amide bonds. The first-order valence-corrected chi connectivity index (χ1v) is 11.9. The molecule has 0 heterocycles. The van der Waals surface area contributed by atoms with Crippen LogP contribution in [0.4, 0.5) is 0 Å². The summed E-state index contributed by atoms with van der Waals surface area (Å²) in [6, 6.07) is 18.9. The van der Waals surface area contributed by atoms with Crippen LogP contribution in [0.1, 0.15) is 57.4 Å². The van der Waals surface area contributed by atoms with Gasteiger partial charge in [-0.05, 0) is 0 Å². The normalized spacial score (nSPS) is 14.5. The summed E-state index contributed by atoms with van der Waals surface area (Å²) in [5, 5.41) is 0.281. The third kappa shape index (κ3) is 5.89. The molecule has 26 heavy (non-hydrogen) atoms. The van der Waals surface area contributed by atoms with Crippen molar-refractivity contribution < 1.29 is 14.7 Å². The van der Waals surface area contributed by atoms with Crippen LogP contribution >= 0.6 is 7.28 Å². The fourth-order valence-corrected chi connectivity index (χ4v) is 6.01. The molecule has 144 valence electrons. The van der Waals surface area contributed by atoms with E-state index in [0.29, 0.717) is 12.8 Å². The van der Waals surface area contributed by atoms with Crippen molar-refractivity contribution in [1.29, 1.82) is 0 Å². The molecular formula is C22H33O3P. The van der Waals surface area contributed by atoms with Crippen LogP contribution in [-0.4, -0.2) is 20.3 Å². The van der Waals surface area contributed by atoms with Crippen molar-refractivity contribution in [1.82, 2.24) is 0 Å². The third-order valence-electron chi connectivity index (χ3n) is 5.16. The molecule has 0 radical (unpaired) electrons. The first-order chi connectivity index (χ1) is 12.4. The fourth-order valence-electron chi connectivity index (χ4n) is 3.53. The SMILES string of the molecule is CCCCCC(CCCCc1ccccc1)P(O)(O)(O)c1ccccc1. The van der Waals surface area contributed by atoms with Gasteiger partial charge >= 0.3 is 157 Å². The zero-order chi connectivity index (χ0) is 18.9. The second-order valence-electron chi connectivity index (χ2n) is 7.26. The number of hydrogen-bond acceptors (Lipinski definition) is 3. The minimum atomic E-state index is -4.88. The van der Waals surface area contributed by atoms with Crippen LogP contribution in [0.5, 0.6) is 0 Å². The minimum absolute atomic E-state index is 0.281. The van der Waals surface area contributed by atoms with Gasteiger partial charge in [-0.25, -0.2) is 0 Å². The summed E-state index contributed by atoms with van der Waals surface area (Å²) in [5.74, 6) is 0. The second-order valence-corrected chi connectivity index (χ2v) is 10.6. The Bertz CT molecular complexity index is 635. The quantitative estimate of drug-likeness (QED) is 0.384. The van der Waals surface area contributed by atoms with E-state index >= 15 is 0 Å². The third-order valence-corrected chi connectivity index (χ3v) is 8.31. The summed E-state index contributed by atoms with van der Waals surface area (Å²) in [7, 11) is -4.88. The maximum atomic E-state index is 11.0. The van der Waals surface area contributed by atoms with Gasteiger partial charge in [-0.3, -0.25) is 0 Å². The Hall–Kier alpha value is -1.25. The van der Waals surface area contributed by atoms with Crippen LogP contribution in [0, 0.1) is 0 Å². The fraction of sp³-hybridized carbons (Fsp3) is 0.455. The molecule has 0 bridgehead atoms. The van der Waals surface area contributed by atoms with Crippen LogP contribution < -0.4 is 5.30 Å². The monoisotopic (exact) mass is 376 g/mol. The molecule has 0 saturated carbocycles. The van der Waals surface area contributed by atoms with E-state index in [1.807, 2.05) is 24.3 Å². The molecule has 3 N–H and O–H groups in total. The van der Waals surface area contributed by atoms with Gasteiger partial charge in [0.1, 0.15) is 0 Å². The molecule has 0 aliphatic carbocycles. The van der Waals surface area contributed by atoms with E-state index in [1.165, 1.54) is 5.56 Å². The summed E-state index contributed by atoms with van der Waals surface area (Å²) in [5.41, 5.74) is 0.818. The number of aryl methyl sites for hydroxylation is 1. The molecule has 0 saturated heterocycles. The van der Waals surface area contributed by atoms with E-state index in [9.17, 15) is 14.7 Å². The Balaban J connectivity index is 2.02. The molecule has 0 aliphatic heterocycles. The Morgan fingerprint density at radius 2 is 1.27 bits per heavy atom. The molecule has 0 spiro atoms. The van der Waals surface area contributed by atoms with Crippen molar-refractivity contribution in [2.45, 2.75) is 63.9 Å². The molecule has 0 fully saturated rings. The molecule has 2 aromatic carbocycles. The first-order valence-electron chi connectivity index (χ1n) is 9.78. The summed E-state index contributed by atoms with van der Waals surface area (Å²) in [4.78, 5) is 32.9. The molecule has 1 atom stereocenters. The second kappa shape index (κ2) is 9.62. The average molecular weight is 376 g/mol. The summed E-state index contributed by atoms with van der Waals surface area (Å²) >= 11 is 0. The van der Waals surface area contributed by atoms with Gasteiger partial charge in [-0.1, -0.05) is 0 Å². The van der Waals surface area contributed by atoms with Crippen LogP contribution in [0.25, 0.3) is 0 Å². The Labute approximate surface area is 157 Å². The van der Waals surface area contributed by atoms with Crippen LogP contribution in [0.2, 0.25) is 0 Å². The van der Waals surface area contributed by atoms with Crippen molar-refractivity contribution in [2.75, 3.05) is 0 Å². The van der Waals surface area contributed by atoms with Crippen molar-refractivity contribution in [3.63, 3.8) is 0 Å². The van der Waals surface area contributed by atoms with Gasteiger partial charge in [0.05, 0.1) is 0 Å². The molecule has 2 aromatic rings. The maximum absolute atomic E-state index is 11.0. The summed E-state index contributed by atoms with van der Waals surface area (Å²) in [6.07, 6.45) is 7.14. The van der Waals surface area contributed by atoms with Gasteiger partial charge in [0, 0.05) is 0 Å². The predicted molar refractivity (Wildman–Crippen MR) is 112 cm³/mol. The van der Waals surface area contributed by atoms with Crippen LogP contribution in [-0.2, 0) is 6.42 Å². The van der Waals surface area contributed by atoms with E-state index in [0.717, 1.165) is 38.5 Å². The molecular weight excluding hydrogens is 343 g/mol. The Morgan fingerprint density at radius 1 is 0.731 bits per heavy atom. The van der Waals surface area contributed by atoms with E-state index in [-0.39, 0.29) is 5.30 Å². The predicted octanol–water partition coefficient (Wildman–Crippen LogP) is 4.95. The van der Waals surface area contributed by atoms with E-state index in [2.05, 4.69) is 19.1 Å². The van der Waals surface area contributed by atoms with Gasteiger partial charge in [-0.2, -0.15) is 0 Å². The van der Waals surface area contributed by atoms with Crippen molar-refractivity contribution in [3.05, 3.63) is 66.2 Å². The van der Waals surface area contributed by atoms with Gasteiger partial charge in [0.15, 0.2) is 0 Å². The summed E-state index contributed by atoms with van der Waals surface area (Å²) < 4.78 is 0. The average Bonchev–Trinajstić information content (AvgIpc) is 2.65. The first kappa shape index (κ1) is 21.1. The molecule has 0 aliphatic rings. The van der Waals surface area contributed by atoms with Crippen molar-refractivity contribution in [3.8, 4) is 0 Å². The Morgan fingerprint density at radius 3 is 1.85 bits per heavy atom. The zero-order valence-corrected chi connectivity index (χ0v) is 16.7. The van der Waals surface area contributed by atoms with E-state index < -0.39 is 12.9 Å². The molecule has 0 aromatic heterocycles. The number of benzene rings is 2. The van der Waals surface area contributed by atoms with E-state index in [4.69, 9.17) is 0 Å². The van der Waals surface area contributed by atoms with Crippen LogP contribution in [0.15, 0.2) is 60.7 Å².